The van der Waals surface area contributed by atoms with E-state index in [1.54, 1.807) is 0 Å². The number of nitrogen functional groups attached to an aromatic ring is 1. The molecule has 4 aromatic carbocycles. The third kappa shape index (κ3) is 2.31. The van der Waals surface area contributed by atoms with Gasteiger partial charge in [-0.15, -0.1) is 0 Å². The summed E-state index contributed by atoms with van der Waals surface area (Å²) >= 11 is 0. The summed E-state index contributed by atoms with van der Waals surface area (Å²) in [7, 11) is 2.44. The molecule has 1 aliphatic rings. The Kier molecular flexibility index (Phi) is 3.95. The Morgan fingerprint density at radius 1 is 0.871 bits per heavy atom. The van der Waals surface area contributed by atoms with Gasteiger partial charge in [0, 0.05) is 16.7 Å². The molecule has 0 spiro atoms. The molecule has 1 aliphatic carbocycles. The molecule has 150 valence electrons. The number of methoxy groups -OCH3 is 2. The van der Waals surface area contributed by atoms with Crippen LogP contribution in [0.3, 0.4) is 0 Å². The summed E-state index contributed by atoms with van der Waals surface area (Å²) in [6, 6.07) is 17.8. The number of nitriles is 1. The number of ether oxygens (including phenoxy) is 2. The van der Waals surface area contributed by atoms with Gasteiger partial charge < -0.3 is 15.2 Å². The van der Waals surface area contributed by atoms with Gasteiger partial charge in [0.15, 0.2) is 0 Å². The fraction of sp³-hybridized carbons (Fsp3) is 0.0800. The Bertz CT molecular complexity index is 1510. The first-order valence-electron chi connectivity index (χ1n) is 9.54. The molecule has 0 heterocycles. The Hall–Kier alpha value is -4.37. The van der Waals surface area contributed by atoms with E-state index >= 15 is 0 Å². The standard InChI is InChI=1S/C25H16N2O4/c1-30-24(28)21-19-15-9-5-7-13-10-12-6-3-4-8-14(12)18(17(13)15)20(19)16(11-26)23(27)22(21)25(29)31-2/h3-10H,27H2,1-2H3. The first kappa shape index (κ1) is 18.6. The van der Waals surface area contributed by atoms with Crippen molar-refractivity contribution < 1.29 is 19.1 Å². The predicted molar refractivity (Wildman–Crippen MR) is 118 cm³/mol. The maximum atomic E-state index is 12.9. The molecule has 0 radical (unpaired) electrons. The Morgan fingerprint density at radius 2 is 1.55 bits per heavy atom. The number of hydrogen-bond acceptors (Lipinski definition) is 6. The smallest absolute Gasteiger partial charge is 0.340 e. The van der Waals surface area contributed by atoms with Crippen LogP contribution in [0, 0.1) is 11.3 Å². The molecule has 31 heavy (non-hydrogen) atoms. The minimum Gasteiger partial charge on any atom is -0.465 e. The van der Waals surface area contributed by atoms with Crippen molar-refractivity contribution in [3.05, 3.63) is 65.2 Å². The van der Waals surface area contributed by atoms with E-state index in [1.165, 1.54) is 14.2 Å². The highest BCUT2D eigenvalue weighted by Crippen LogP contribution is 2.55. The van der Waals surface area contributed by atoms with E-state index in [1.807, 2.05) is 42.5 Å². The lowest BCUT2D eigenvalue weighted by molar-refractivity contribution is 0.0557. The van der Waals surface area contributed by atoms with Crippen molar-refractivity contribution in [2.45, 2.75) is 0 Å². The van der Waals surface area contributed by atoms with Gasteiger partial charge in [-0.25, -0.2) is 9.59 Å². The lowest BCUT2D eigenvalue weighted by Crippen LogP contribution is -2.17. The van der Waals surface area contributed by atoms with Crippen LogP contribution in [-0.2, 0) is 9.47 Å². The Labute approximate surface area is 177 Å². The maximum Gasteiger partial charge on any atom is 0.340 e. The Balaban J connectivity index is 2.11. The number of carbonyl (C=O) groups excluding carboxylic acids is 2. The lowest BCUT2D eigenvalue weighted by atomic mass is 9.87. The number of nitrogens with two attached hydrogens (primary N) is 1. The summed E-state index contributed by atoms with van der Waals surface area (Å²) in [5.74, 6) is -1.52. The van der Waals surface area contributed by atoms with Gasteiger partial charge in [0.25, 0.3) is 0 Å². The van der Waals surface area contributed by atoms with Crippen LogP contribution in [0.2, 0.25) is 0 Å². The van der Waals surface area contributed by atoms with Gasteiger partial charge in [-0.2, -0.15) is 5.26 Å². The molecular weight excluding hydrogens is 392 g/mol. The first-order valence-corrected chi connectivity index (χ1v) is 9.54. The van der Waals surface area contributed by atoms with Crippen molar-refractivity contribution in [2.24, 2.45) is 0 Å². The molecule has 0 bridgehead atoms. The third-order valence-corrected chi connectivity index (χ3v) is 5.84. The van der Waals surface area contributed by atoms with Gasteiger partial charge in [-0.05, 0) is 33.2 Å². The third-order valence-electron chi connectivity index (χ3n) is 5.84. The molecule has 0 aliphatic heterocycles. The average Bonchev–Trinajstić information content (AvgIpc) is 3.14. The van der Waals surface area contributed by atoms with Crippen molar-refractivity contribution in [2.75, 3.05) is 20.0 Å². The molecule has 0 atom stereocenters. The van der Waals surface area contributed by atoms with E-state index in [9.17, 15) is 14.9 Å². The molecule has 5 rings (SSSR count). The van der Waals surface area contributed by atoms with Crippen LogP contribution < -0.4 is 5.73 Å². The molecular formula is C25H16N2O4. The van der Waals surface area contributed by atoms with Crippen LogP contribution in [0.25, 0.3) is 43.8 Å². The lowest BCUT2D eigenvalue weighted by Gasteiger charge is -2.17. The average molecular weight is 408 g/mol. The van der Waals surface area contributed by atoms with E-state index in [0.29, 0.717) is 11.1 Å². The number of anilines is 1. The minimum absolute atomic E-state index is 0.00799. The quantitative estimate of drug-likeness (QED) is 0.259. The predicted octanol–water partition coefficient (Wildman–Crippen LogP) is 4.67. The van der Waals surface area contributed by atoms with Crippen molar-refractivity contribution in [3.63, 3.8) is 0 Å². The number of rotatable bonds is 2. The summed E-state index contributed by atoms with van der Waals surface area (Å²) in [6.07, 6.45) is 0. The molecule has 4 aromatic rings. The highest BCUT2D eigenvalue weighted by Gasteiger charge is 2.37. The second-order valence-corrected chi connectivity index (χ2v) is 7.26. The number of carbonyl (C=O) groups is 2. The van der Waals surface area contributed by atoms with E-state index in [4.69, 9.17) is 15.2 Å². The van der Waals surface area contributed by atoms with Crippen LogP contribution in [-0.4, -0.2) is 26.2 Å². The second-order valence-electron chi connectivity index (χ2n) is 7.26. The molecule has 0 aromatic heterocycles. The normalized spacial score (nSPS) is 11.3. The van der Waals surface area contributed by atoms with Gasteiger partial charge in [-0.3, -0.25) is 0 Å². The molecule has 6 heteroatoms. The van der Waals surface area contributed by atoms with Gasteiger partial charge in [-0.1, -0.05) is 42.5 Å². The van der Waals surface area contributed by atoms with Crippen LogP contribution in [0.15, 0.2) is 48.5 Å². The number of hydrogen-bond donors (Lipinski definition) is 1. The second kappa shape index (κ2) is 6.57. The molecule has 0 fully saturated rings. The van der Waals surface area contributed by atoms with Crippen LogP contribution in [0.1, 0.15) is 26.3 Å². The van der Waals surface area contributed by atoms with Crippen LogP contribution in [0.5, 0.6) is 0 Å². The molecule has 0 saturated heterocycles. The zero-order valence-electron chi connectivity index (χ0n) is 16.8. The summed E-state index contributed by atoms with van der Waals surface area (Å²) in [4.78, 5) is 25.6. The number of benzene rings is 4. The minimum atomic E-state index is -0.801. The molecule has 0 amide bonds. The van der Waals surface area contributed by atoms with E-state index < -0.39 is 11.9 Å². The van der Waals surface area contributed by atoms with Crippen molar-refractivity contribution >= 4 is 39.2 Å². The first-order chi connectivity index (χ1) is 15.0. The summed E-state index contributed by atoms with van der Waals surface area (Å²) in [5, 5.41) is 13.8. The van der Waals surface area contributed by atoms with Gasteiger partial charge in [0.05, 0.1) is 36.6 Å². The summed E-state index contributed by atoms with van der Waals surface area (Å²) in [6.45, 7) is 0. The van der Waals surface area contributed by atoms with Crippen molar-refractivity contribution in [1.82, 2.24) is 0 Å². The SMILES string of the molecule is COC(=O)c1c(N)c(C#N)c2c(c1C(=O)OC)-c1cccc3cc4ccccc4c-2c13. The monoisotopic (exact) mass is 408 g/mol. The van der Waals surface area contributed by atoms with Crippen LogP contribution >= 0.6 is 0 Å². The zero-order valence-corrected chi connectivity index (χ0v) is 16.8. The van der Waals surface area contributed by atoms with Crippen LogP contribution in [0.4, 0.5) is 5.69 Å². The molecule has 6 nitrogen and oxygen atoms in total. The maximum absolute atomic E-state index is 12.9. The van der Waals surface area contributed by atoms with Gasteiger partial charge in [0.1, 0.15) is 6.07 Å². The van der Waals surface area contributed by atoms with Crippen molar-refractivity contribution in [1.29, 1.82) is 5.26 Å². The van der Waals surface area contributed by atoms with Crippen molar-refractivity contribution in [3.8, 4) is 28.3 Å². The largest absolute Gasteiger partial charge is 0.465 e. The van der Waals surface area contributed by atoms with E-state index in [0.717, 1.165) is 32.7 Å². The topological polar surface area (TPSA) is 102 Å². The number of nitrogens with zero attached hydrogens (tertiary/aromatic N) is 1. The Morgan fingerprint density at radius 3 is 2.26 bits per heavy atom. The highest BCUT2D eigenvalue weighted by molar-refractivity contribution is 6.29. The number of esters is 2. The van der Waals surface area contributed by atoms with Gasteiger partial charge >= 0.3 is 11.9 Å². The van der Waals surface area contributed by atoms with E-state index in [2.05, 4.69) is 12.1 Å². The van der Waals surface area contributed by atoms with E-state index in [-0.39, 0.29) is 22.4 Å². The summed E-state index contributed by atoms with van der Waals surface area (Å²) < 4.78 is 9.92. The zero-order chi connectivity index (χ0) is 21.9. The van der Waals surface area contributed by atoms with Gasteiger partial charge in [0.2, 0.25) is 0 Å². The highest BCUT2D eigenvalue weighted by atomic mass is 16.5. The fourth-order valence-electron chi connectivity index (χ4n) is 4.62. The molecule has 0 saturated carbocycles. The fourth-order valence-corrected chi connectivity index (χ4v) is 4.62. The summed E-state index contributed by atoms with van der Waals surface area (Å²) in [5.41, 5.74) is 8.78. The number of fused-ring (bicyclic) bond motifs is 5. The molecule has 0 unspecified atom stereocenters. The molecule has 2 N–H and O–H groups in total.